The van der Waals surface area contributed by atoms with Gasteiger partial charge in [0.2, 0.25) is 0 Å². The van der Waals surface area contributed by atoms with Crippen LogP contribution in [0.5, 0.6) is 0 Å². The van der Waals surface area contributed by atoms with E-state index in [4.69, 9.17) is 21.2 Å². The molecule has 2 rings (SSSR count). The number of carboxylic acids is 1. The lowest BCUT2D eigenvalue weighted by Crippen LogP contribution is -1.98. The Bertz CT molecular complexity index is 570. The van der Waals surface area contributed by atoms with Gasteiger partial charge in [-0.15, -0.1) is 0 Å². The van der Waals surface area contributed by atoms with E-state index in [0.29, 0.717) is 5.76 Å². The number of aromatic carboxylic acids is 1. The number of nitrogens with zero attached hydrogens (tertiary/aromatic N) is 1. The van der Waals surface area contributed by atoms with Crippen LogP contribution in [0, 0.1) is 13.8 Å². The van der Waals surface area contributed by atoms with Gasteiger partial charge in [-0.3, -0.25) is 0 Å². The molecule has 0 bridgehead atoms. The molecular weight excluding hydrogens is 242 g/mol. The minimum absolute atomic E-state index is 0.0733. The normalized spacial score (nSPS) is 10.5. The van der Waals surface area contributed by atoms with Gasteiger partial charge in [0, 0.05) is 5.56 Å². The second kappa shape index (κ2) is 4.22. The van der Waals surface area contributed by atoms with E-state index in [1.807, 2.05) is 0 Å². The Kier molecular flexibility index (Phi) is 2.90. The highest BCUT2D eigenvalue weighted by atomic mass is 35.5. The number of aryl methyl sites for hydroxylation is 2. The largest absolute Gasteiger partial charge is 0.478 e. The lowest BCUT2D eigenvalue weighted by molar-refractivity contribution is 0.0697. The third kappa shape index (κ3) is 2.03. The van der Waals surface area contributed by atoms with E-state index in [1.54, 1.807) is 26.0 Å². The molecule has 0 amide bonds. The smallest absolute Gasteiger partial charge is 0.337 e. The summed E-state index contributed by atoms with van der Waals surface area (Å²) in [6, 6.07) is 4.84. The zero-order valence-electron chi connectivity index (χ0n) is 9.32. The van der Waals surface area contributed by atoms with Gasteiger partial charge in [-0.05, 0) is 31.5 Å². The molecule has 0 aliphatic carbocycles. The van der Waals surface area contributed by atoms with Crippen molar-refractivity contribution in [1.29, 1.82) is 0 Å². The van der Waals surface area contributed by atoms with Gasteiger partial charge in [0.1, 0.15) is 5.76 Å². The standard InChI is InChI=1S/C12H10ClNO3/c1-6-11(7(2)17-14-6)8-3-4-10(13)9(5-8)12(15)16/h3-5H,1-2H3,(H,15,16). The Labute approximate surface area is 103 Å². The van der Waals surface area contributed by atoms with Crippen molar-refractivity contribution >= 4 is 17.6 Å². The number of hydrogen-bond donors (Lipinski definition) is 1. The highest BCUT2D eigenvalue weighted by Gasteiger charge is 2.15. The summed E-state index contributed by atoms with van der Waals surface area (Å²) in [5.74, 6) is -0.398. The molecule has 2 aromatic rings. The van der Waals surface area contributed by atoms with Crippen LogP contribution in [-0.4, -0.2) is 16.2 Å². The van der Waals surface area contributed by atoms with Crippen molar-refractivity contribution < 1.29 is 14.4 Å². The second-order valence-corrected chi connectivity index (χ2v) is 4.11. The molecule has 0 saturated heterocycles. The SMILES string of the molecule is Cc1noc(C)c1-c1ccc(Cl)c(C(=O)O)c1. The van der Waals surface area contributed by atoms with E-state index in [9.17, 15) is 4.79 Å². The first kappa shape index (κ1) is 11.7. The van der Waals surface area contributed by atoms with Gasteiger partial charge >= 0.3 is 5.97 Å². The maximum absolute atomic E-state index is 11.0. The fourth-order valence-corrected chi connectivity index (χ4v) is 1.94. The molecule has 17 heavy (non-hydrogen) atoms. The monoisotopic (exact) mass is 251 g/mol. The minimum Gasteiger partial charge on any atom is -0.478 e. The van der Waals surface area contributed by atoms with Crippen molar-refractivity contribution in [2.24, 2.45) is 0 Å². The minimum atomic E-state index is -1.05. The highest BCUT2D eigenvalue weighted by Crippen LogP contribution is 2.29. The van der Waals surface area contributed by atoms with Crippen molar-refractivity contribution in [3.63, 3.8) is 0 Å². The van der Waals surface area contributed by atoms with E-state index in [2.05, 4.69) is 5.16 Å². The molecule has 4 nitrogen and oxygen atoms in total. The summed E-state index contributed by atoms with van der Waals surface area (Å²) in [7, 11) is 0. The summed E-state index contributed by atoms with van der Waals surface area (Å²) < 4.78 is 5.05. The summed E-state index contributed by atoms with van der Waals surface area (Å²) in [6.45, 7) is 3.59. The van der Waals surface area contributed by atoms with Gasteiger partial charge in [0.05, 0.1) is 16.3 Å². The molecule has 0 saturated carbocycles. The van der Waals surface area contributed by atoms with Crippen LogP contribution < -0.4 is 0 Å². The molecule has 0 fully saturated rings. The van der Waals surface area contributed by atoms with Crippen LogP contribution in [0.4, 0.5) is 0 Å². The van der Waals surface area contributed by atoms with E-state index >= 15 is 0 Å². The van der Waals surface area contributed by atoms with Crippen LogP contribution in [0.3, 0.4) is 0 Å². The molecule has 0 aliphatic rings. The van der Waals surface area contributed by atoms with Gasteiger partial charge in [-0.2, -0.15) is 0 Å². The third-order valence-electron chi connectivity index (χ3n) is 2.52. The Hall–Kier alpha value is -1.81. The van der Waals surface area contributed by atoms with Gasteiger partial charge < -0.3 is 9.63 Å². The first-order valence-electron chi connectivity index (χ1n) is 4.97. The number of hydrogen-bond acceptors (Lipinski definition) is 3. The van der Waals surface area contributed by atoms with Crippen molar-refractivity contribution in [3.8, 4) is 11.1 Å². The number of rotatable bonds is 2. The van der Waals surface area contributed by atoms with Crippen LogP contribution in [0.2, 0.25) is 5.02 Å². The first-order valence-corrected chi connectivity index (χ1v) is 5.34. The molecule has 0 unspecified atom stereocenters. The quantitative estimate of drug-likeness (QED) is 0.889. The Morgan fingerprint density at radius 3 is 2.65 bits per heavy atom. The Balaban J connectivity index is 2.62. The summed E-state index contributed by atoms with van der Waals surface area (Å²) >= 11 is 5.81. The molecule has 0 spiro atoms. The summed E-state index contributed by atoms with van der Waals surface area (Å²) in [5, 5.41) is 13.1. The van der Waals surface area contributed by atoms with Crippen molar-refractivity contribution in [1.82, 2.24) is 5.16 Å². The topological polar surface area (TPSA) is 63.3 Å². The number of aromatic nitrogens is 1. The highest BCUT2D eigenvalue weighted by molar-refractivity contribution is 6.33. The molecule has 0 aliphatic heterocycles. The maximum atomic E-state index is 11.0. The number of carboxylic acid groups (broad SMARTS) is 1. The van der Waals surface area contributed by atoms with E-state index in [0.717, 1.165) is 16.8 Å². The maximum Gasteiger partial charge on any atom is 0.337 e. The number of benzene rings is 1. The lowest BCUT2D eigenvalue weighted by atomic mass is 10.0. The Morgan fingerprint density at radius 2 is 2.12 bits per heavy atom. The molecule has 88 valence electrons. The third-order valence-corrected chi connectivity index (χ3v) is 2.85. The molecule has 1 aromatic carbocycles. The fraction of sp³-hybridized carbons (Fsp3) is 0.167. The predicted octanol–water partition coefficient (Wildman–Crippen LogP) is 3.31. The molecule has 5 heteroatoms. The van der Waals surface area contributed by atoms with Gasteiger partial charge in [-0.1, -0.05) is 22.8 Å². The zero-order chi connectivity index (χ0) is 12.6. The van der Waals surface area contributed by atoms with Crippen molar-refractivity contribution in [2.45, 2.75) is 13.8 Å². The van der Waals surface area contributed by atoms with Crippen LogP contribution in [0.25, 0.3) is 11.1 Å². The molecule has 0 atom stereocenters. The lowest BCUT2D eigenvalue weighted by Gasteiger charge is -2.04. The van der Waals surface area contributed by atoms with Crippen LogP contribution >= 0.6 is 11.6 Å². The van der Waals surface area contributed by atoms with Gasteiger partial charge in [-0.25, -0.2) is 4.79 Å². The predicted molar refractivity (Wildman–Crippen MR) is 63.4 cm³/mol. The van der Waals surface area contributed by atoms with Gasteiger partial charge in [0.15, 0.2) is 0 Å². The number of carbonyl (C=O) groups is 1. The molecule has 1 N–H and O–H groups in total. The summed E-state index contributed by atoms with van der Waals surface area (Å²) in [5.41, 5.74) is 2.34. The Morgan fingerprint density at radius 1 is 1.41 bits per heavy atom. The summed E-state index contributed by atoms with van der Waals surface area (Å²) in [6.07, 6.45) is 0. The second-order valence-electron chi connectivity index (χ2n) is 3.70. The average Bonchev–Trinajstić information content (AvgIpc) is 2.59. The zero-order valence-corrected chi connectivity index (χ0v) is 10.1. The van der Waals surface area contributed by atoms with Crippen LogP contribution in [0.1, 0.15) is 21.8 Å². The first-order chi connectivity index (χ1) is 8.00. The summed E-state index contributed by atoms with van der Waals surface area (Å²) in [4.78, 5) is 11.0. The molecule has 1 aromatic heterocycles. The van der Waals surface area contributed by atoms with E-state index in [1.165, 1.54) is 6.07 Å². The van der Waals surface area contributed by atoms with Crippen molar-refractivity contribution in [2.75, 3.05) is 0 Å². The number of halogens is 1. The van der Waals surface area contributed by atoms with Crippen LogP contribution in [0.15, 0.2) is 22.7 Å². The molecule has 0 radical (unpaired) electrons. The van der Waals surface area contributed by atoms with E-state index in [-0.39, 0.29) is 10.6 Å². The van der Waals surface area contributed by atoms with Crippen LogP contribution in [-0.2, 0) is 0 Å². The van der Waals surface area contributed by atoms with Gasteiger partial charge in [0.25, 0.3) is 0 Å². The van der Waals surface area contributed by atoms with E-state index < -0.39 is 5.97 Å². The average molecular weight is 252 g/mol. The molecular formula is C12H10ClNO3. The van der Waals surface area contributed by atoms with Crippen molar-refractivity contribution in [3.05, 3.63) is 40.2 Å². The fourth-order valence-electron chi connectivity index (χ4n) is 1.74. The molecule has 1 heterocycles.